The van der Waals surface area contributed by atoms with Gasteiger partial charge in [-0.2, -0.15) is 0 Å². The van der Waals surface area contributed by atoms with Crippen molar-refractivity contribution in [3.63, 3.8) is 0 Å². The van der Waals surface area contributed by atoms with Crippen LogP contribution in [0.4, 0.5) is 0 Å². The van der Waals surface area contributed by atoms with E-state index >= 15 is 0 Å². The fourth-order valence-corrected chi connectivity index (χ4v) is 1.89. The van der Waals surface area contributed by atoms with Gasteiger partial charge in [0.25, 0.3) is 0 Å². The quantitative estimate of drug-likeness (QED) is 0.703. The molecule has 0 aliphatic rings. The maximum Gasteiger partial charge on any atom is 0.347 e. The van der Waals surface area contributed by atoms with Crippen molar-refractivity contribution in [2.24, 2.45) is 0 Å². The molecule has 0 aliphatic carbocycles. The Kier molecular flexibility index (Phi) is 7.03. The number of hydrogen-bond acceptors (Lipinski definition) is 5. The third-order valence-electron chi connectivity index (χ3n) is 3.15. The number of carbonyl (C=O) groups excluding carboxylic acids is 1. The Balaban J connectivity index is 2.75. The minimum Gasteiger partial charge on any atom is -0.478 e. The molecule has 6 nitrogen and oxygen atoms in total. The van der Waals surface area contributed by atoms with Crippen molar-refractivity contribution in [2.45, 2.75) is 45.8 Å². The average Bonchev–Trinajstić information content (AvgIpc) is 2.48. The van der Waals surface area contributed by atoms with Gasteiger partial charge in [-0.3, -0.25) is 0 Å². The zero-order chi connectivity index (χ0) is 17.5. The van der Waals surface area contributed by atoms with E-state index in [-0.39, 0.29) is 5.97 Å². The topological polar surface area (TPSA) is 82.1 Å². The Morgan fingerprint density at radius 1 is 1.13 bits per heavy atom. The van der Waals surface area contributed by atoms with Crippen molar-refractivity contribution in [3.05, 3.63) is 29.8 Å². The molecule has 1 unspecified atom stereocenters. The number of esters is 1. The predicted molar refractivity (Wildman–Crippen MR) is 84.5 cm³/mol. The van der Waals surface area contributed by atoms with E-state index in [0.29, 0.717) is 25.4 Å². The van der Waals surface area contributed by atoms with Gasteiger partial charge in [-0.1, -0.05) is 12.1 Å². The van der Waals surface area contributed by atoms with Crippen molar-refractivity contribution in [2.75, 3.05) is 13.2 Å². The highest BCUT2D eigenvalue weighted by molar-refractivity contribution is 5.77. The molecule has 1 aromatic rings. The van der Waals surface area contributed by atoms with Crippen LogP contribution in [0.1, 0.15) is 33.3 Å². The molecule has 0 saturated carbocycles. The number of carboxylic acid groups (broad SMARTS) is 1. The van der Waals surface area contributed by atoms with Gasteiger partial charge in [0.15, 0.2) is 11.7 Å². The lowest BCUT2D eigenvalue weighted by atomic mass is 10.1. The number of aliphatic carboxylic acids is 1. The Labute approximate surface area is 136 Å². The molecule has 1 N–H and O–H groups in total. The van der Waals surface area contributed by atoms with Crippen molar-refractivity contribution in [1.82, 2.24) is 0 Å². The molecule has 1 aromatic carbocycles. The van der Waals surface area contributed by atoms with E-state index in [1.165, 1.54) is 13.8 Å². The van der Waals surface area contributed by atoms with E-state index in [9.17, 15) is 9.59 Å². The van der Waals surface area contributed by atoms with Gasteiger partial charge in [0.2, 0.25) is 0 Å². The SMILES string of the molecule is CCOC(=O)C(Cc1ccc(OC(C)(C)C(=O)O)cc1)OCC. The second-order valence-corrected chi connectivity index (χ2v) is 5.46. The van der Waals surface area contributed by atoms with E-state index in [0.717, 1.165) is 5.56 Å². The summed E-state index contributed by atoms with van der Waals surface area (Å²) in [5.41, 5.74) is -0.433. The van der Waals surface area contributed by atoms with Crippen LogP contribution in [-0.2, 0) is 25.5 Å². The van der Waals surface area contributed by atoms with Crippen LogP contribution in [0, 0.1) is 0 Å². The normalized spacial score (nSPS) is 12.5. The first-order valence-corrected chi connectivity index (χ1v) is 7.59. The van der Waals surface area contributed by atoms with Crippen LogP contribution in [0.15, 0.2) is 24.3 Å². The van der Waals surface area contributed by atoms with Gasteiger partial charge in [0.1, 0.15) is 5.75 Å². The molecule has 0 amide bonds. The first kappa shape index (κ1) is 19.0. The molecule has 1 rings (SSSR count). The molecular weight excluding hydrogens is 300 g/mol. The minimum absolute atomic E-state index is 0.305. The van der Waals surface area contributed by atoms with Crippen LogP contribution in [0.3, 0.4) is 0 Å². The largest absolute Gasteiger partial charge is 0.478 e. The highest BCUT2D eigenvalue weighted by Crippen LogP contribution is 2.20. The minimum atomic E-state index is -1.31. The molecule has 6 heteroatoms. The summed E-state index contributed by atoms with van der Waals surface area (Å²) >= 11 is 0. The maximum absolute atomic E-state index is 11.8. The number of carboxylic acids is 1. The standard InChI is InChI=1S/C17H24O6/c1-5-21-14(15(18)22-6-2)11-12-7-9-13(10-8-12)23-17(3,4)16(19)20/h7-10,14H,5-6,11H2,1-4H3,(H,19,20). The van der Waals surface area contributed by atoms with Crippen molar-refractivity contribution in [1.29, 1.82) is 0 Å². The molecule has 23 heavy (non-hydrogen) atoms. The van der Waals surface area contributed by atoms with E-state index < -0.39 is 17.7 Å². The summed E-state index contributed by atoms with van der Waals surface area (Å²) in [6.07, 6.45) is -0.267. The number of ether oxygens (including phenoxy) is 3. The van der Waals surface area contributed by atoms with Gasteiger partial charge in [-0.05, 0) is 45.4 Å². The van der Waals surface area contributed by atoms with Crippen LogP contribution in [0.25, 0.3) is 0 Å². The molecule has 0 heterocycles. The molecule has 0 saturated heterocycles. The summed E-state index contributed by atoms with van der Waals surface area (Å²) in [6, 6.07) is 6.90. The zero-order valence-corrected chi connectivity index (χ0v) is 14.0. The molecule has 0 radical (unpaired) electrons. The Morgan fingerprint density at radius 2 is 1.74 bits per heavy atom. The van der Waals surface area contributed by atoms with E-state index in [2.05, 4.69) is 0 Å². The Morgan fingerprint density at radius 3 is 2.22 bits per heavy atom. The highest BCUT2D eigenvalue weighted by Gasteiger charge is 2.29. The molecular formula is C17H24O6. The molecule has 0 aliphatic heterocycles. The maximum atomic E-state index is 11.8. The summed E-state index contributed by atoms with van der Waals surface area (Å²) in [5, 5.41) is 9.05. The van der Waals surface area contributed by atoms with Crippen LogP contribution in [0.5, 0.6) is 5.75 Å². The van der Waals surface area contributed by atoms with Crippen molar-refractivity contribution < 1.29 is 28.9 Å². The number of carbonyl (C=O) groups is 2. The van der Waals surface area contributed by atoms with Crippen molar-refractivity contribution in [3.8, 4) is 5.75 Å². The van der Waals surface area contributed by atoms with Crippen LogP contribution >= 0.6 is 0 Å². The van der Waals surface area contributed by atoms with Gasteiger partial charge in [-0.15, -0.1) is 0 Å². The number of rotatable bonds is 9. The monoisotopic (exact) mass is 324 g/mol. The summed E-state index contributed by atoms with van der Waals surface area (Å²) < 4.78 is 15.8. The lowest BCUT2D eigenvalue weighted by Crippen LogP contribution is -2.37. The average molecular weight is 324 g/mol. The van der Waals surface area contributed by atoms with Crippen molar-refractivity contribution >= 4 is 11.9 Å². The van der Waals surface area contributed by atoms with Gasteiger partial charge in [-0.25, -0.2) is 9.59 Å². The third-order valence-corrected chi connectivity index (χ3v) is 3.15. The molecule has 0 spiro atoms. The van der Waals surface area contributed by atoms with Gasteiger partial charge in [0, 0.05) is 13.0 Å². The second kappa shape index (κ2) is 8.53. The van der Waals surface area contributed by atoms with Gasteiger partial charge in [0.05, 0.1) is 6.61 Å². The van der Waals surface area contributed by atoms with Crippen LogP contribution in [0.2, 0.25) is 0 Å². The van der Waals surface area contributed by atoms with Gasteiger partial charge < -0.3 is 19.3 Å². The molecule has 128 valence electrons. The second-order valence-electron chi connectivity index (χ2n) is 5.46. The molecule has 1 atom stereocenters. The van der Waals surface area contributed by atoms with E-state index in [1.807, 2.05) is 6.92 Å². The fraction of sp³-hybridized carbons (Fsp3) is 0.529. The first-order chi connectivity index (χ1) is 10.8. The summed E-state index contributed by atoms with van der Waals surface area (Å²) in [7, 11) is 0. The lowest BCUT2D eigenvalue weighted by molar-refractivity contribution is -0.156. The smallest absolute Gasteiger partial charge is 0.347 e. The molecule has 0 fully saturated rings. The predicted octanol–water partition coefficient (Wildman–Crippen LogP) is 2.44. The number of hydrogen-bond donors (Lipinski definition) is 1. The van der Waals surface area contributed by atoms with Crippen LogP contribution in [-0.4, -0.2) is 42.0 Å². The van der Waals surface area contributed by atoms with Gasteiger partial charge >= 0.3 is 11.9 Å². The van der Waals surface area contributed by atoms with Crippen LogP contribution < -0.4 is 4.74 Å². The molecule has 0 aromatic heterocycles. The number of benzene rings is 1. The summed E-state index contributed by atoms with van der Waals surface area (Å²) in [4.78, 5) is 22.9. The zero-order valence-electron chi connectivity index (χ0n) is 14.0. The molecule has 0 bridgehead atoms. The summed E-state index contributed by atoms with van der Waals surface area (Å²) in [5.74, 6) is -0.979. The fourth-order valence-electron chi connectivity index (χ4n) is 1.89. The highest BCUT2D eigenvalue weighted by atomic mass is 16.6. The first-order valence-electron chi connectivity index (χ1n) is 7.59. The summed E-state index contributed by atoms with van der Waals surface area (Å²) in [6.45, 7) is 7.25. The Bertz CT molecular complexity index is 520. The van der Waals surface area contributed by atoms with E-state index in [1.54, 1.807) is 31.2 Å². The third kappa shape index (κ3) is 5.90. The Hall–Kier alpha value is -2.08. The van der Waals surface area contributed by atoms with E-state index in [4.69, 9.17) is 19.3 Å². The lowest BCUT2D eigenvalue weighted by Gasteiger charge is -2.21.